The molecule has 0 radical (unpaired) electrons. The highest BCUT2D eigenvalue weighted by atomic mass is 19.3. The van der Waals surface area contributed by atoms with Crippen molar-refractivity contribution >= 4 is 29.4 Å². The van der Waals surface area contributed by atoms with Crippen LogP contribution in [0.4, 0.5) is 20.2 Å². The van der Waals surface area contributed by atoms with Gasteiger partial charge in [0.1, 0.15) is 0 Å². The Labute approximate surface area is 253 Å². The Bertz CT molecular complexity index is 1400. The predicted molar refractivity (Wildman–Crippen MR) is 167 cm³/mol. The number of hydrogen-bond acceptors (Lipinski definition) is 4. The minimum absolute atomic E-state index is 0.0224. The monoisotopic (exact) mass is 588 g/mol. The van der Waals surface area contributed by atoms with Crippen molar-refractivity contribution in [1.82, 2.24) is 4.90 Å². The number of nitrogens with one attached hydrogen (secondary N) is 1. The van der Waals surface area contributed by atoms with E-state index >= 15 is 0 Å². The fourth-order valence-corrected chi connectivity index (χ4v) is 7.25. The van der Waals surface area contributed by atoms with E-state index in [9.17, 15) is 18.4 Å². The molecule has 6 rings (SSSR count). The molecule has 2 saturated heterocycles. The van der Waals surface area contributed by atoms with E-state index in [1.807, 2.05) is 29.3 Å². The molecule has 2 amide bonds. The molecule has 43 heavy (non-hydrogen) atoms. The van der Waals surface area contributed by atoms with Gasteiger partial charge in [0.05, 0.1) is 11.6 Å². The maximum absolute atomic E-state index is 14.3. The van der Waals surface area contributed by atoms with E-state index in [4.69, 9.17) is 4.99 Å². The van der Waals surface area contributed by atoms with Crippen molar-refractivity contribution in [3.63, 3.8) is 0 Å². The largest absolute Gasteiger partial charge is 0.372 e. The van der Waals surface area contributed by atoms with Crippen molar-refractivity contribution in [3.05, 3.63) is 70.8 Å². The highest BCUT2D eigenvalue weighted by Crippen LogP contribution is 2.45. The Morgan fingerprint density at radius 3 is 2.33 bits per heavy atom. The van der Waals surface area contributed by atoms with E-state index in [2.05, 4.69) is 22.3 Å². The van der Waals surface area contributed by atoms with E-state index in [-0.39, 0.29) is 29.3 Å². The maximum Gasteiger partial charge on any atom is 0.270 e. The summed E-state index contributed by atoms with van der Waals surface area (Å²) in [4.78, 5) is 34.2. The fourth-order valence-electron chi connectivity index (χ4n) is 7.25. The molecule has 0 bridgehead atoms. The molecule has 2 unspecified atom stereocenters. The summed E-state index contributed by atoms with van der Waals surface area (Å²) in [5.41, 5.74) is 4.72. The Hall–Kier alpha value is -3.55. The van der Waals surface area contributed by atoms with Gasteiger partial charge in [0.2, 0.25) is 5.91 Å². The second-order valence-electron chi connectivity index (χ2n) is 12.9. The van der Waals surface area contributed by atoms with Crippen molar-refractivity contribution in [2.24, 2.45) is 16.8 Å². The molecule has 228 valence electrons. The maximum atomic E-state index is 14.3. The zero-order valence-electron chi connectivity index (χ0n) is 25.2. The summed E-state index contributed by atoms with van der Waals surface area (Å²) in [6.45, 7) is 5.54. The summed E-state index contributed by atoms with van der Waals surface area (Å²) in [6, 6.07) is 14.9. The number of halogens is 2. The molecule has 1 N–H and O–H groups in total. The third kappa shape index (κ3) is 6.68. The number of alkyl halides is 2. The molecule has 2 aromatic rings. The first-order chi connectivity index (χ1) is 20.7. The number of amides is 2. The lowest BCUT2D eigenvalue weighted by Gasteiger charge is -2.34. The van der Waals surface area contributed by atoms with Crippen LogP contribution in [-0.4, -0.2) is 55.1 Å². The van der Waals surface area contributed by atoms with E-state index in [0.29, 0.717) is 36.9 Å². The van der Waals surface area contributed by atoms with Crippen molar-refractivity contribution in [1.29, 1.82) is 0 Å². The highest BCUT2D eigenvalue weighted by molar-refractivity contribution is 6.14. The van der Waals surface area contributed by atoms with Gasteiger partial charge in [-0.05, 0) is 92.2 Å². The SMILES string of the molecule is CC(=O)Nc1ccc(N2CCC(CCC3N=CC(C(=O)N4CCC(c5ccccc5C(C)(F)F)C4)=C3C3CC3)CC2)cc1. The van der Waals surface area contributed by atoms with Crippen LogP contribution >= 0.6 is 0 Å². The Morgan fingerprint density at radius 2 is 1.65 bits per heavy atom. The van der Waals surface area contributed by atoms with Crippen molar-refractivity contribution in [2.75, 3.05) is 36.4 Å². The quantitative estimate of drug-likeness (QED) is 0.346. The summed E-state index contributed by atoms with van der Waals surface area (Å²) in [6.07, 6.45) is 9.08. The second kappa shape index (κ2) is 12.2. The molecule has 8 heteroatoms. The van der Waals surface area contributed by atoms with Crippen molar-refractivity contribution in [2.45, 2.75) is 76.7 Å². The number of rotatable bonds is 9. The number of piperidine rings is 1. The van der Waals surface area contributed by atoms with Crippen molar-refractivity contribution in [3.8, 4) is 0 Å². The molecule has 1 saturated carbocycles. The topological polar surface area (TPSA) is 65.0 Å². The number of carbonyl (C=O) groups excluding carboxylic acids is 2. The summed E-state index contributed by atoms with van der Waals surface area (Å²) in [5, 5.41) is 2.82. The van der Waals surface area contributed by atoms with Gasteiger partial charge in [-0.15, -0.1) is 0 Å². The third-order valence-corrected chi connectivity index (χ3v) is 9.67. The molecular formula is C35H42F2N4O2. The highest BCUT2D eigenvalue weighted by Gasteiger charge is 2.40. The molecule has 2 atom stereocenters. The smallest absolute Gasteiger partial charge is 0.270 e. The number of hydrogen-bond donors (Lipinski definition) is 1. The predicted octanol–water partition coefficient (Wildman–Crippen LogP) is 6.93. The molecule has 3 aliphatic heterocycles. The van der Waals surface area contributed by atoms with Gasteiger partial charge in [-0.25, -0.2) is 8.78 Å². The number of aliphatic imine (C=N–C) groups is 1. The lowest BCUT2D eigenvalue weighted by molar-refractivity contribution is -0.125. The minimum atomic E-state index is -2.90. The molecule has 0 aromatic heterocycles. The Balaban J connectivity index is 1.04. The average Bonchev–Trinajstić information content (AvgIpc) is 3.54. The average molecular weight is 589 g/mol. The van der Waals surface area contributed by atoms with Gasteiger partial charge < -0.3 is 15.1 Å². The van der Waals surface area contributed by atoms with E-state index in [1.54, 1.807) is 12.1 Å². The Kier molecular flexibility index (Phi) is 8.38. The number of likely N-dealkylation sites (tertiary alicyclic amines) is 1. The lowest BCUT2D eigenvalue weighted by Crippen LogP contribution is -2.34. The zero-order chi connectivity index (χ0) is 30.1. The van der Waals surface area contributed by atoms with Crippen LogP contribution in [0.2, 0.25) is 0 Å². The van der Waals surface area contributed by atoms with Crippen LogP contribution in [0.15, 0.2) is 64.7 Å². The van der Waals surface area contributed by atoms with E-state index in [1.165, 1.54) is 24.3 Å². The summed E-state index contributed by atoms with van der Waals surface area (Å²) in [5.74, 6) is -1.93. The van der Waals surface area contributed by atoms with Gasteiger partial charge >= 0.3 is 0 Å². The van der Waals surface area contributed by atoms with Gasteiger partial charge in [0.15, 0.2) is 0 Å². The first-order valence-electron chi connectivity index (χ1n) is 15.8. The first-order valence-corrected chi connectivity index (χ1v) is 15.8. The molecule has 2 aromatic carbocycles. The van der Waals surface area contributed by atoms with Gasteiger partial charge in [-0.1, -0.05) is 24.3 Å². The number of nitrogens with zero attached hydrogens (tertiary/aromatic N) is 3. The van der Waals surface area contributed by atoms with Crippen LogP contribution < -0.4 is 10.2 Å². The number of benzene rings is 2. The van der Waals surface area contributed by atoms with E-state index < -0.39 is 5.92 Å². The summed E-state index contributed by atoms with van der Waals surface area (Å²) in [7, 11) is 0. The van der Waals surface area contributed by atoms with Gasteiger partial charge in [0.25, 0.3) is 11.8 Å². The number of anilines is 2. The van der Waals surface area contributed by atoms with Crippen LogP contribution in [-0.2, 0) is 15.5 Å². The number of carbonyl (C=O) groups is 2. The van der Waals surface area contributed by atoms with Crippen LogP contribution in [0.1, 0.15) is 75.8 Å². The summed E-state index contributed by atoms with van der Waals surface area (Å²) >= 11 is 0. The fraction of sp³-hybridized carbons (Fsp3) is 0.514. The van der Waals surface area contributed by atoms with Crippen LogP contribution in [0.25, 0.3) is 0 Å². The van der Waals surface area contributed by atoms with Crippen LogP contribution in [0.3, 0.4) is 0 Å². The molecule has 4 aliphatic rings. The van der Waals surface area contributed by atoms with E-state index in [0.717, 1.165) is 69.8 Å². The Morgan fingerprint density at radius 1 is 0.930 bits per heavy atom. The molecule has 6 nitrogen and oxygen atoms in total. The van der Waals surface area contributed by atoms with Crippen molar-refractivity contribution < 1.29 is 18.4 Å². The molecular weight excluding hydrogens is 546 g/mol. The van der Waals surface area contributed by atoms with Crippen LogP contribution in [0, 0.1) is 11.8 Å². The minimum Gasteiger partial charge on any atom is -0.372 e. The normalized spacial score (nSPS) is 22.9. The first kappa shape index (κ1) is 29.5. The summed E-state index contributed by atoms with van der Waals surface area (Å²) < 4.78 is 28.6. The molecule has 3 heterocycles. The lowest BCUT2D eigenvalue weighted by atomic mass is 9.87. The second-order valence-corrected chi connectivity index (χ2v) is 12.9. The molecule has 3 fully saturated rings. The third-order valence-electron chi connectivity index (χ3n) is 9.67. The van der Waals surface area contributed by atoms with Gasteiger partial charge in [0, 0.05) is 69.1 Å². The van der Waals surface area contributed by atoms with Gasteiger partial charge in [-0.3, -0.25) is 14.6 Å². The van der Waals surface area contributed by atoms with Gasteiger partial charge in [-0.2, -0.15) is 0 Å². The molecule has 1 aliphatic carbocycles. The molecule has 0 spiro atoms. The zero-order valence-corrected chi connectivity index (χ0v) is 25.2. The standard InChI is InChI=1S/C35H42F2N4O2/c1-23(42)39-27-10-12-28(13-11-27)40-18-15-24(16-19-40)7-14-32-33(25-8-9-25)30(21-38-32)34(43)41-20-17-26(22-41)29-5-3-4-6-31(29)35(2,36)37/h3-6,10-13,21,24-26,32H,7-9,14-20,22H2,1-2H3,(H,39,42). The van der Waals surface area contributed by atoms with Crippen LogP contribution in [0.5, 0.6) is 0 Å².